The molecule has 0 aliphatic heterocycles. The molecule has 4 heteroatoms. The van der Waals surface area contributed by atoms with Gasteiger partial charge in [-0.3, -0.25) is 4.98 Å². The quantitative estimate of drug-likeness (QED) is 0.168. The highest BCUT2D eigenvalue weighted by Crippen LogP contribution is 2.43. The van der Waals surface area contributed by atoms with E-state index in [1.165, 1.54) is 0 Å². The fourth-order valence-electron chi connectivity index (χ4n) is 5.29. The molecule has 0 amide bonds. The maximum atomic E-state index is 15.4. The molecule has 2 heterocycles. The maximum Gasteiger partial charge on any atom is 0.188 e. The lowest BCUT2D eigenvalue weighted by Crippen LogP contribution is -2.27. The van der Waals surface area contributed by atoms with E-state index in [4.69, 9.17) is 4.98 Å². The van der Waals surface area contributed by atoms with Crippen LogP contribution in [0.1, 0.15) is 0 Å². The highest BCUT2D eigenvalue weighted by Gasteiger charge is 2.32. The minimum atomic E-state index is -3.32. The Balaban J connectivity index is 1.41. The van der Waals surface area contributed by atoms with Gasteiger partial charge in [-0.2, -0.15) is 0 Å². The lowest BCUT2D eigenvalue weighted by Gasteiger charge is -2.20. The minimum Gasteiger partial charge on any atom is -0.307 e. The van der Waals surface area contributed by atoms with Gasteiger partial charge in [0.25, 0.3) is 0 Å². The van der Waals surface area contributed by atoms with Crippen molar-refractivity contribution in [2.45, 2.75) is 0 Å². The van der Waals surface area contributed by atoms with Gasteiger partial charge < -0.3 is 4.57 Å². The van der Waals surface area contributed by atoms with E-state index in [9.17, 15) is 0 Å². The average molecular weight is 533 g/mol. The molecule has 0 saturated heterocycles. The van der Waals surface area contributed by atoms with Crippen LogP contribution in [-0.2, 0) is 4.57 Å². The van der Waals surface area contributed by atoms with Crippen molar-refractivity contribution >= 4 is 45.0 Å². The molecular weight excluding hydrogens is 507 g/mol. The van der Waals surface area contributed by atoms with Crippen LogP contribution < -0.4 is 16.0 Å². The first-order valence-corrected chi connectivity index (χ1v) is 15.0. The summed E-state index contributed by atoms with van der Waals surface area (Å²) in [6, 6.07) is 48.6. The summed E-state index contributed by atoms with van der Waals surface area (Å²) in [4.78, 5) is 9.68. The molecule has 7 rings (SSSR count). The molecule has 0 aliphatic rings. The number of benzene rings is 5. The zero-order chi connectivity index (χ0) is 26.9. The second-order valence-corrected chi connectivity index (χ2v) is 12.5. The number of rotatable bonds is 5. The van der Waals surface area contributed by atoms with E-state index >= 15 is 4.57 Å². The molecule has 0 fully saturated rings. The lowest BCUT2D eigenvalue weighted by molar-refractivity contribution is 0.592. The Morgan fingerprint density at radius 3 is 1.45 bits per heavy atom. The fourth-order valence-corrected chi connectivity index (χ4v) is 7.78. The first kappa shape index (κ1) is 24.2. The van der Waals surface area contributed by atoms with Crippen LogP contribution in [0.5, 0.6) is 0 Å². The summed E-state index contributed by atoms with van der Waals surface area (Å²) < 4.78 is 15.4. The van der Waals surface area contributed by atoms with Crippen LogP contribution in [0.3, 0.4) is 0 Å². The molecule has 5 aromatic carbocycles. The van der Waals surface area contributed by atoms with E-state index in [0.29, 0.717) is 5.44 Å². The van der Waals surface area contributed by atoms with Gasteiger partial charge in [0.05, 0.1) is 11.0 Å². The summed E-state index contributed by atoms with van der Waals surface area (Å²) in [5.41, 5.74) is 6.53. The third kappa shape index (κ3) is 4.22. The summed E-state index contributed by atoms with van der Waals surface area (Å²) in [5, 5.41) is 3.48. The molecule has 0 radical (unpaired) electrons. The SMILES string of the molecule is O=P(c1ccc(-c2ccccc2)cc1)(c1ccc(-c2ccccc2)cc1)c1ccc2ccc3cccnc3c2n1. The van der Waals surface area contributed by atoms with E-state index in [1.807, 2.05) is 115 Å². The van der Waals surface area contributed by atoms with Crippen molar-refractivity contribution in [3.8, 4) is 22.3 Å². The van der Waals surface area contributed by atoms with Crippen LogP contribution in [0, 0.1) is 0 Å². The molecule has 0 bridgehead atoms. The predicted molar refractivity (Wildman–Crippen MR) is 167 cm³/mol. The smallest absolute Gasteiger partial charge is 0.188 e. The molecule has 0 aliphatic carbocycles. The van der Waals surface area contributed by atoms with Crippen molar-refractivity contribution < 1.29 is 4.57 Å². The zero-order valence-corrected chi connectivity index (χ0v) is 22.6. The van der Waals surface area contributed by atoms with Crippen molar-refractivity contribution in [3.05, 3.63) is 152 Å². The zero-order valence-electron chi connectivity index (χ0n) is 21.7. The highest BCUT2D eigenvalue weighted by atomic mass is 31.2. The van der Waals surface area contributed by atoms with E-state index in [2.05, 4.69) is 35.3 Å². The number of hydrogen-bond donors (Lipinski definition) is 0. The Labute approximate surface area is 233 Å². The van der Waals surface area contributed by atoms with Gasteiger partial charge in [-0.25, -0.2) is 4.98 Å². The number of hydrogen-bond acceptors (Lipinski definition) is 3. The predicted octanol–water partition coefficient (Wildman–Crippen LogP) is 7.76. The van der Waals surface area contributed by atoms with Crippen LogP contribution in [-0.4, -0.2) is 9.97 Å². The monoisotopic (exact) mass is 532 g/mol. The van der Waals surface area contributed by atoms with Gasteiger partial charge in [0.15, 0.2) is 7.14 Å². The largest absolute Gasteiger partial charge is 0.307 e. The molecule has 190 valence electrons. The second-order valence-electron chi connectivity index (χ2n) is 9.82. The van der Waals surface area contributed by atoms with Gasteiger partial charge in [-0.05, 0) is 34.4 Å². The van der Waals surface area contributed by atoms with Crippen molar-refractivity contribution in [1.29, 1.82) is 0 Å². The average Bonchev–Trinajstić information content (AvgIpc) is 3.05. The highest BCUT2D eigenvalue weighted by molar-refractivity contribution is 7.85. The van der Waals surface area contributed by atoms with Crippen molar-refractivity contribution in [2.75, 3.05) is 0 Å². The molecule has 7 aromatic rings. The van der Waals surface area contributed by atoms with Crippen molar-refractivity contribution in [3.63, 3.8) is 0 Å². The molecule has 0 N–H and O–H groups in total. The van der Waals surface area contributed by atoms with Crippen LogP contribution in [0.2, 0.25) is 0 Å². The van der Waals surface area contributed by atoms with Crippen LogP contribution in [0.4, 0.5) is 0 Å². The van der Waals surface area contributed by atoms with Gasteiger partial charge in [-0.15, -0.1) is 0 Å². The van der Waals surface area contributed by atoms with Gasteiger partial charge >= 0.3 is 0 Å². The summed E-state index contributed by atoms with van der Waals surface area (Å²) in [6.45, 7) is 0. The van der Waals surface area contributed by atoms with Crippen molar-refractivity contribution in [1.82, 2.24) is 9.97 Å². The molecule has 0 unspecified atom stereocenters. The minimum absolute atomic E-state index is 0.554. The summed E-state index contributed by atoms with van der Waals surface area (Å²) in [7, 11) is -3.32. The second kappa shape index (κ2) is 10.0. The number of fused-ring (bicyclic) bond motifs is 3. The Bertz CT molecular complexity index is 1920. The number of nitrogens with zero attached hydrogens (tertiary/aromatic N) is 2. The van der Waals surface area contributed by atoms with E-state index in [-0.39, 0.29) is 0 Å². The van der Waals surface area contributed by atoms with E-state index in [0.717, 1.165) is 54.7 Å². The lowest BCUT2D eigenvalue weighted by atomic mass is 10.1. The molecule has 40 heavy (non-hydrogen) atoms. The van der Waals surface area contributed by atoms with Gasteiger partial charge in [0.1, 0.15) is 5.44 Å². The van der Waals surface area contributed by atoms with Gasteiger partial charge in [-0.1, -0.05) is 133 Å². The molecule has 0 atom stereocenters. The first-order valence-electron chi connectivity index (χ1n) is 13.3. The summed E-state index contributed by atoms with van der Waals surface area (Å²) >= 11 is 0. The Kier molecular flexibility index (Phi) is 6.07. The first-order chi connectivity index (χ1) is 19.7. The molecular formula is C36H25N2OP. The van der Waals surface area contributed by atoms with Crippen molar-refractivity contribution in [2.24, 2.45) is 0 Å². The Hall–Kier alpha value is -4.85. The molecule has 3 nitrogen and oxygen atoms in total. The van der Waals surface area contributed by atoms with Gasteiger partial charge in [0.2, 0.25) is 0 Å². The number of aromatic nitrogens is 2. The molecule has 2 aromatic heterocycles. The Morgan fingerprint density at radius 1 is 0.425 bits per heavy atom. The van der Waals surface area contributed by atoms with Crippen LogP contribution in [0.25, 0.3) is 44.1 Å². The van der Waals surface area contributed by atoms with Crippen LogP contribution in [0.15, 0.2) is 152 Å². The summed E-state index contributed by atoms with van der Waals surface area (Å²) in [6.07, 6.45) is 1.78. The Morgan fingerprint density at radius 2 is 0.900 bits per heavy atom. The number of pyridine rings is 2. The molecule has 0 spiro atoms. The molecule has 0 saturated carbocycles. The summed E-state index contributed by atoms with van der Waals surface area (Å²) in [5.74, 6) is 0. The van der Waals surface area contributed by atoms with Gasteiger partial charge in [0, 0.05) is 27.6 Å². The normalized spacial score (nSPS) is 11.6. The van der Waals surface area contributed by atoms with E-state index < -0.39 is 7.14 Å². The van der Waals surface area contributed by atoms with Crippen LogP contribution >= 0.6 is 7.14 Å². The van der Waals surface area contributed by atoms with E-state index in [1.54, 1.807) is 6.20 Å². The maximum absolute atomic E-state index is 15.4. The standard InChI is InChI=1S/C36H25N2OP/c39-40(32-20-15-28(16-21-32)26-8-3-1-4-9-26,33-22-17-29(18-23-33)27-10-5-2-6-11-27)34-24-19-31-14-13-30-12-7-25-37-35(30)36(31)38-34/h1-25H. The fraction of sp³-hybridized carbons (Fsp3) is 0. The third-order valence-electron chi connectivity index (χ3n) is 7.42. The third-order valence-corrected chi connectivity index (χ3v) is 10.4. The topological polar surface area (TPSA) is 42.9 Å².